The Morgan fingerprint density at radius 3 is 2.45 bits per heavy atom. The monoisotopic (exact) mass is 465 g/mol. The summed E-state index contributed by atoms with van der Waals surface area (Å²) in [6, 6.07) is 5.39. The highest BCUT2D eigenvalue weighted by Gasteiger charge is 2.44. The van der Waals surface area contributed by atoms with Crippen molar-refractivity contribution in [1.29, 1.82) is 0 Å². The number of amides is 1. The second-order valence-electron chi connectivity index (χ2n) is 9.24. The van der Waals surface area contributed by atoms with Gasteiger partial charge in [0, 0.05) is 18.2 Å². The van der Waals surface area contributed by atoms with Crippen LogP contribution in [0.3, 0.4) is 0 Å². The van der Waals surface area contributed by atoms with Gasteiger partial charge in [-0.2, -0.15) is 0 Å². The van der Waals surface area contributed by atoms with Crippen LogP contribution in [0.4, 0.5) is 10.5 Å². The number of hydrogen-bond acceptors (Lipinski definition) is 8. The summed E-state index contributed by atoms with van der Waals surface area (Å²) in [6.07, 6.45) is -1.95. The van der Waals surface area contributed by atoms with Gasteiger partial charge >= 0.3 is 12.1 Å². The Bertz CT molecular complexity index is 845. The molecule has 184 valence electrons. The molecule has 0 unspecified atom stereocenters. The molecule has 0 aliphatic heterocycles. The molecular weight excluding hydrogens is 430 g/mol. The molecule has 5 atom stereocenters. The summed E-state index contributed by atoms with van der Waals surface area (Å²) in [7, 11) is 0. The first-order valence-electron chi connectivity index (χ1n) is 11.1. The number of aryl methyl sites for hydroxylation is 1. The Morgan fingerprint density at radius 1 is 1.15 bits per heavy atom. The minimum Gasteiger partial charge on any atom is -0.461 e. The van der Waals surface area contributed by atoms with E-state index in [0.29, 0.717) is 12.1 Å². The summed E-state index contributed by atoms with van der Waals surface area (Å²) in [6.45, 7) is 7.04. The summed E-state index contributed by atoms with van der Waals surface area (Å²) in [5.74, 6) is -0.990. The highest BCUT2D eigenvalue weighted by Crippen LogP contribution is 2.28. The third-order valence-electron chi connectivity index (χ3n) is 5.57. The molecule has 33 heavy (non-hydrogen) atoms. The van der Waals surface area contributed by atoms with Gasteiger partial charge in [0.25, 0.3) is 0 Å². The van der Waals surface area contributed by atoms with Gasteiger partial charge < -0.3 is 29.9 Å². The summed E-state index contributed by atoms with van der Waals surface area (Å²) in [5.41, 5.74) is 1.68. The number of aliphatic hydroxyl groups excluding tert-OH is 4. The highest BCUT2D eigenvalue weighted by molar-refractivity contribution is 5.86. The third kappa shape index (κ3) is 7.26. The summed E-state index contributed by atoms with van der Waals surface area (Å²) in [5, 5.41) is 41.9. The molecule has 1 aliphatic carbocycles. The maximum Gasteiger partial charge on any atom is 0.411 e. The molecule has 1 aliphatic rings. The Hall–Kier alpha value is -2.46. The van der Waals surface area contributed by atoms with Crippen molar-refractivity contribution in [2.75, 3.05) is 18.5 Å². The molecular formula is C24H35NO8. The van der Waals surface area contributed by atoms with Crippen molar-refractivity contribution in [1.82, 2.24) is 0 Å². The molecule has 0 spiro atoms. The van der Waals surface area contributed by atoms with Crippen LogP contribution in [-0.2, 0) is 20.7 Å². The molecule has 9 heteroatoms. The quantitative estimate of drug-likeness (QED) is 0.384. The molecule has 0 bridgehead atoms. The largest absolute Gasteiger partial charge is 0.461 e. The number of rotatable bonds is 7. The van der Waals surface area contributed by atoms with Crippen molar-refractivity contribution in [3.63, 3.8) is 0 Å². The van der Waals surface area contributed by atoms with Gasteiger partial charge in [-0.25, -0.2) is 4.79 Å². The van der Waals surface area contributed by atoms with Crippen molar-refractivity contribution in [2.24, 2.45) is 11.3 Å². The lowest BCUT2D eigenvalue weighted by Gasteiger charge is -2.39. The average Bonchev–Trinajstić information content (AvgIpc) is 2.76. The zero-order valence-electron chi connectivity index (χ0n) is 19.5. The molecule has 1 saturated carbocycles. The predicted octanol–water partition coefficient (Wildman–Crippen LogP) is 1.86. The van der Waals surface area contributed by atoms with Gasteiger partial charge in [0.2, 0.25) is 0 Å². The average molecular weight is 466 g/mol. The van der Waals surface area contributed by atoms with Crippen molar-refractivity contribution >= 4 is 23.8 Å². The van der Waals surface area contributed by atoms with Crippen LogP contribution in [0.1, 0.15) is 45.2 Å². The smallest absolute Gasteiger partial charge is 0.411 e. The van der Waals surface area contributed by atoms with Gasteiger partial charge in [-0.3, -0.25) is 10.1 Å². The fourth-order valence-electron chi connectivity index (χ4n) is 3.51. The molecule has 5 N–H and O–H groups in total. The Kier molecular flexibility index (Phi) is 9.42. The van der Waals surface area contributed by atoms with Crippen LogP contribution in [0.5, 0.6) is 0 Å². The van der Waals surface area contributed by atoms with E-state index in [9.17, 15) is 30.0 Å². The highest BCUT2D eigenvalue weighted by atomic mass is 16.6. The number of carbonyl (C=O) groups excluding carboxylic acids is 2. The first-order valence-corrected chi connectivity index (χ1v) is 11.1. The van der Waals surface area contributed by atoms with E-state index >= 15 is 0 Å². The first kappa shape index (κ1) is 26.8. The van der Waals surface area contributed by atoms with E-state index < -0.39 is 48.4 Å². The number of carbonyl (C=O) groups is 2. The van der Waals surface area contributed by atoms with Gasteiger partial charge in [0.05, 0.1) is 11.5 Å². The van der Waals surface area contributed by atoms with E-state index in [2.05, 4.69) is 5.32 Å². The zero-order valence-corrected chi connectivity index (χ0v) is 19.5. The van der Waals surface area contributed by atoms with Crippen LogP contribution in [-0.4, -0.2) is 70.1 Å². The number of nitrogens with one attached hydrogen (secondary N) is 1. The van der Waals surface area contributed by atoms with E-state index in [4.69, 9.17) is 9.47 Å². The van der Waals surface area contributed by atoms with Gasteiger partial charge in [0.15, 0.2) is 0 Å². The lowest BCUT2D eigenvalue weighted by molar-refractivity contribution is -0.162. The normalized spacial score (nSPS) is 25.6. The van der Waals surface area contributed by atoms with E-state index in [0.717, 1.165) is 11.1 Å². The number of ether oxygens (including phenoxy) is 2. The molecule has 1 aromatic rings. The molecule has 0 heterocycles. The van der Waals surface area contributed by atoms with Gasteiger partial charge in [-0.1, -0.05) is 19.1 Å². The van der Waals surface area contributed by atoms with Crippen molar-refractivity contribution in [3.8, 4) is 0 Å². The Balaban J connectivity index is 1.98. The number of hydrogen-bond donors (Lipinski definition) is 5. The van der Waals surface area contributed by atoms with Gasteiger partial charge in [-0.05, 0) is 62.9 Å². The molecule has 0 aromatic heterocycles. The number of esters is 1. The van der Waals surface area contributed by atoms with Crippen LogP contribution >= 0.6 is 0 Å². The van der Waals surface area contributed by atoms with Crippen LogP contribution in [0.25, 0.3) is 6.08 Å². The SMILES string of the molecule is CCc1cc(/C=C/COC(=O)C(C)(C)C)ccc1NC(=O)O[C@@H]1C[C@H](CO)[C@H](O)[C@H](O)[C@H]1O. The van der Waals surface area contributed by atoms with E-state index in [1.165, 1.54) is 0 Å². The molecule has 2 rings (SSSR count). The van der Waals surface area contributed by atoms with Crippen LogP contribution in [0.15, 0.2) is 24.3 Å². The number of anilines is 1. The second-order valence-corrected chi connectivity index (χ2v) is 9.24. The molecule has 0 radical (unpaired) electrons. The Labute approximate surface area is 194 Å². The Morgan fingerprint density at radius 2 is 1.85 bits per heavy atom. The minimum absolute atomic E-state index is 0.0213. The molecule has 1 amide bonds. The standard InChI is InChI=1S/C24H35NO8/c1-5-15-11-14(7-6-10-32-22(30)24(2,3)4)8-9-17(15)25-23(31)33-18-12-16(13-26)19(27)21(29)20(18)28/h6-9,11,16,18-21,26-29H,5,10,12-13H2,1-4H3,(H,25,31)/b7-6+/t16-,18-,19+,20+,21+/m1/s1. The molecule has 0 saturated heterocycles. The third-order valence-corrected chi connectivity index (χ3v) is 5.57. The topological polar surface area (TPSA) is 146 Å². The minimum atomic E-state index is -1.52. The van der Waals surface area contributed by atoms with E-state index in [1.54, 1.807) is 39.0 Å². The van der Waals surface area contributed by atoms with Crippen molar-refractivity contribution in [3.05, 3.63) is 35.4 Å². The van der Waals surface area contributed by atoms with Crippen molar-refractivity contribution in [2.45, 2.75) is 65.0 Å². The molecule has 1 fully saturated rings. The fraction of sp³-hybridized carbons (Fsp3) is 0.583. The summed E-state index contributed by atoms with van der Waals surface area (Å²) >= 11 is 0. The maximum atomic E-state index is 12.4. The predicted molar refractivity (Wildman–Crippen MR) is 122 cm³/mol. The maximum absolute atomic E-state index is 12.4. The lowest BCUT2D eigenvalue weighted by atomic mass is 9.81. The van der Waals surface area contributed by atoms with E-state index in [1.807, 2.05) is 19.1 Å². The molecule has 1 aromatic carbocycles. The second kappa shape index (κ2) is 11.6. The van der Waals surface area contributed by atoms with Gasteiger partial charge in [0.1, 0.15) is 24.9 Å². The number of aliphatic hydroxyl groups is 4. The lowest BCUT2D eigenvalue weighted by Crippen LogP contribution is -2.55. The van der Waals surface area contributed by atoms with Crippen LogP contribution in [0, 0.1) is 11.3 Å². The van der Waals surface area contributed by atoms with Crippen LogP contribution in [0.2, 0.25) is 0 Å². The molecule has 9 nitrogen and oxygen atoms in total. The zero-order chi connectivity index (χ0) is 24.8. The number of benzene rings is 1. The van der Waals surface area contributed by atoms with Crippen molar-refractivity contribution < 1.29 is 39.5 Å². The van der Waals surface area contributed by atoms with Crippen LogP contribution < -0.4 is 5.32 Å². The van der Waals surface area contributed by atoms with E-state index in [-0.39, 0.29) is 19.0 Å². The first-order chi connectivity index (χ1) is 15.5. The van der Waals surface area contributed by atoms with Gasteiger partial charge in [-0.15, -0.1) is 0 Å². The summed E-state index contributed by atoms with van der Waals surface area (Å²) in [4.78, 5) is 24.2. The summed E-state index contributed by atoms with van der Waals surface area (Å²) < 4.78 is 10.5. The fourth-order valence-corrected chi connectivity index (χ4v) is 3.51.